The van der Waals surface area contributed by atoms with Crippen LogP contribution in [-0.4, -0.2) is 39.2 Å². The number of anilines is 1. The molecule has 0 atom stereocenters. The molecule has 2 aromatic rings. The van der Waals surface area contributed by atoms with Gasteiger partial charge in [0.2, 0.25) is 0 Å². The highest BCUT2D eigenvalue weighted by molar-refractivity contribution is 14.0. The van der Waals surface area contributed by atoms with Gasteiger partial charge in [-0.3, -0.25) is 4.99 Å². The fraction of sp³-hybridized carbons (Fsp3) is 0.450. The molecule has 1 aromatic heterocycles. The number of piperidine rings is 1. The van der Waals surface area contributed by atoms with E-state index in [1.807, 2.05) is 18.4 Å². The highest BCUT2D eigenvalue weighted by Gasteiger charge is 2.20. The maximum absolute atomic E-state index is 5.15. The molecule has 0 unspecified atom stereocenters. The zero-order valence-electron chi connectivity index (χ0n) is 16.0. The molecule has 1 fully saturated rings. The van der Waals surface area contributed by atoms with Gasteiger partial charge in [0.15, 0.2) is 5.96 Å². The number of aliphatic imine (C=N–C) groups is 1. The number of hydrogen-bond acceptors (Lipinski definition) is 4. The third-order valence-electron chi connectivity index (χ3n) is 4.67. The number of methoxy groups -OCH3 is 1. The van der Waals surface area contributed by atoms with Gasteiger partial charge in [0.25, 0.3) is 0 Å². The molecular weight excluding hydrogens is 471 g/mol. The molecule has 1 saturated heterocycles. The third kappa shape index (κ3) is 6.65. The van der Waals surface area contributed by atoms with Gasteiger partial charge >= 0.3 is 0 Å². The Kier molecular flexibility index (Phi) is 9.36. The lowest BCUT2D eigenvalue weighted by molar-refractivity contribution is 0.185. The fourth-order valence-electron chi connectivity index (χ4n) is 3.19. The van der Waals surface area contributed by atoms with Crippen molar-refractivity contribution in [3.63, 3.8) is 0 Å². The number of hydrogen-bond donors (Lipinski definition) is 2. The minimum absolute atomic E-state index is 0. The van der Waals surface area contributed by atoms with E-state index in [1.54, 1.807) is 7.11 Å². The summed E-state index contributed by atoms with van der Waals surface area (Å²) in [6.07, 6.45) is 2.26. The Balaban J connectivity index is 0.00000261. The summed E-state index contributed by atoms with van der Waals surface area (Å²) in [5.41, 5.74) is 2.43. The van der Waals surface area contributed by atoms with Crippen molar-refractivity contribution in [2.24, 2.45) is 4.99 Å². The number of rotatable bonds is 6. The Morgan fingerprint density at radius 3 is 2.48 bits per heavy atom. The van der Waals surface area contributed by atoms with E-state index in [4.69, 9.17) is 4.74 Å². The summed E-state index contributed by atoms with van der Waals surface area (Å²) >= 11 is 1.82. The predicted molar refractivity (Wildman–Crippen MR) is 125 cm³/mol. The number of guanidine groups is 1. The molecule has 3 rings (SSSR count). The van der Waals surface area contributed by atoms with Crippen LogP contribution in [0.4, 0.5) is 5.00 Å². The first-order valence-corrected chi connectivity index (χ1v) is 9.99. The highest BCUT2D eigenvalue weighted by Crippen LogP contribution is 2.24. The van der Waals surface area contributed by atoms with Crippen molar-refractivity contribution in [3.8, 4) is 0 Å². The van der Waals surface area contributed by atoms with Gasteiger partial charge in [-0.2, -0.15) is 0 Å². The summed E-state index contributed by atoms with van der Waals surface area (Å²) in [5.74, 6) is 0.876. The van der Waals surface area contributed by atoms with Crippen LogP contribution in [0.5, 0.6) is 0 Å². The SMILES string of the molecule is CN=C(NCc1ccc(COC)cc1)NC1CCN(c2cccs2)CC1.I. The monoisotopic (exact) mass is 500 g/mol. The zero-order valence-corrected chi connectivity index (χ0v) is 19.1. The van der Waals surface area contributed by atoms with E-state index in [-0.39, 0.29) is 24.0 Å². The minimum atomic E-state index is 0. The summed E-state index contributed by atoms with van der Waals surface area (Å²) in [4.78, 5) is 6.85. The van der Waals surface area contributed by atoms with Crippen molar-refractivity contribution >= 4 is 46.3 Å². The molecule has 0 radical (unpaired) electrons. The quantitative estimate of drug-likeness (QED) is 0.360. The molecule has 1 aliphatic heterocycles. The second-order valence-corrected chi connectivity index (χ2v) is 7.46. The second kappa shape index (κ2) is 11.5. The molecule has 0 saturated carbocycles. The second-order valence-electron chi connectivity index (χ2n) is 6.53. The molecule has 0 amide bonds. The Bertz CT molecular complexity index is 683. The van der Waals surface area contributed by atoms with Gasteiger partial charge in [-0.15, -0.1) is 35.3 Å². The van der Waals surface area contributed by atoms with E-state index in [2.05, 4.69) is 62.3 Å². The highest BCUT2D eigenvalue weighted by atomic mass is 127. The Morgan fingerprint density at radius 1 is 1.19 bits per heavy atom. The number of halogens is 1. The first-order valence-electron chi connectivity index (χ1n) is 9.11. The lowest BCUT2D eigenvalue weighted by atomic mass is 10.1. The van der Waals surface area contributed by atoms with E-state index >= 15 is 0 Å². The molecule has 1 aliphatic rings. The smallest absolute Gasteiger partial charge is 0.191 e. The Hall–Kier alpha value is -1.32. The molecule has 2 heterocycles. The van der Waals surface area contributed by atoms with Crippen molar-refractivity contribution in [1.82, 2.24) is 10.6 Å². The molecule has 148 valence electrons. The average molecular weight is 500 g/mol. The lowest BCUT2D eigenvalue weighted by Gasteiger charge is -2.33. The molecule has 7 heteroatoms. The number of thiophene rings is 1. The predicted octanol–water partition coefficient (Wildman–Crippen LogP) is 3.85. The first-order chi connectivity index (χ1) is 12.8. The van der Waals surface area contributed by atoms with Crippen LogP contribution in [0, 0.1) is 0 Å². The molecule has 27 heavy (non-hydrogen) atoms. The first kappa shape index (κ1) is 22.0. The summed E-state index contributed by atoms with van der Waals surface area (Å²) in [7, 11) is 3.55. The largest absolute Gasteiger partial charge is 0.380 e. The summed E-state index contributed by atoms with van der Waals surface area (Å²) in [6, 6.07) is 13.3. The summed E-state index contributed by atoms with van der Waals surface area (Å²) in [6.45, 7) is 3.61. The molecule has 0 spiro atoms. The zero-order chi connectivity index (χ0) is 18.2. The number of nitrogens with one attached hydrogen (secondary N) is 2. The molecule has 5 nitrogen and oxygen atoms in total. The molecule has 1 aromatic carbocycles. The van der Waals surface area contributed by atoms with Crippen LogP contribution in [0.1, 0.15) is 24.0 Å². The van der Waals surface area contributed by atoms with Crippen molar-refractivity contribution in [2.75, 3.05) is 32.1 Å². The van der Waals surface area contributed by atoms with Crippen molar-refractivity contribution < 1.29 is 4.74 Å². The van der Waals surface area contributed by atoms with Gasteiger partial charge in [-0.05, 0) is 41.5 Å². The van der Waals surface area contributed by atoms with Crippen LogP contribution in [-0.2, 0) is 17.9 Å². The van der Waals surface area contributed by atoms with E-state index in [0.717, 1.165) is 38.4 Å². The lowest BCUT2D eigenvalue weighted by Crippen LogP contribution is -2.48. The Morgan fingerprint density at radius 2 is 1.89 bits per heavy atom. The van der Waals surface area contributed by atoms with E-state index < -0.39 is 0 Å². The standard InChI is InChI=1S/C20H28N4OS.HI/c1-21-20(22-14-16-5-7-17(8-6-16)15-25-2)23-18-9-11-24(12-10-18)19-4-3-13-26-19;/h3-8,13,18H,9-12,14-15H2,1-2H3,(H2,21,22,23);1H. The topological polar surface area (TPSA) is 48.9 Å². The van der Waals surface area contributed by atoms with Gasteiger partial charge in [0.05, 0.1) is 11.6 Å². The van der Waals surface area contributed by atoms with Crippen LogP contribution in [0.3, 0.4) is 0 Å². The average Bonchev–Trinajstić information content (AvgIpc) is 3.22. The van der Waals surface area contributed by atoms with Gasteiger partial charge < -0.3 is 20.3 Å². The number of benzene rings is 1. The fourth-order valence-corrected chi connectivity index (χ4v) is 3.97. The summed E-state index contributed by atoms with van der Waals surface area (Å²) in [5, 5.41) is 10.5. The van der Waals surface area contributed by atoms with Crippen LogP contribution >= 0.6 is 35.3 Å². The normalized spacial score (nSPS) is 15.3. The van der Waals surface area contributed by atoms with Gasteiger partial charge in [-0.1, -0.05) is 24.3 Å². The maximum atomic E-state index is 5.15. The van der Waals surface area contributed by atoms with E-state index in [1.165, 1.54) is 16.1 Å². The van der Waals surface area contributed by atoms with E-state index in [9.17, 15) is 0 Å². The van der Waals surface area contributed by atoms with Gasteiger partial charge in [-0.25, -0.2) is 0 Å². The van der Waals surface area contributed by atoms with Crippen LogP contribution in [0.15, 0.2) is 46.8 Å². The van der Waals surface area contributed by atoms with Crippen molar-refractivity contribution in [2.45, 2.75) is 32.0 Å². The van der Waals surface area contributed by atoms with E-state index in [0.29, 0.717) is 12.6 Å². The molecule has 0 bridgehead atoms. The van der Waals surface area contributed by atoms with Gasteiger partial charge in [0, 0.05) is 39.8 Å². The minimum Gasteiger partial charge on any atom is -0.380 e. The van der Waals surface area contributed by atoms with Gasteiger partial charge in [0.1, 0.15) is 0 Å². The van der Waals surface area contributed by atoms with Crippen LogP contribution < -0.4 is 15.5 Å². The third-order valence-corrected chi connectivity index (χ3v) is 5.60. The Labute approximate surface area is 183 Å². The maximum Gasteiger partial charge on any atom is 0.191 e. The van der Waals surface area contributed by atoms with Crippen LogP contribution in [0.25, 0.3) is 0 Å². The van der Waals surface area contributed by atoms with Crippen molar-refractivity contribution in [3.05, 3.63) is 52.9 Å². The summed E-state index contributed by atoms with van der Waals surface area (Å²) < 4.78 is 5.15. The van der Waals surface area contributed by atoms with Crippen LogP contribution in [0.2, 0.25) is 0 Å². The number of nitrogens with zero attached hydrogens (tertiary/aromatic N) is 2. The molecule has 0 aliphatic carbocycles. The number of ether oxygens (including phenoxy) is 1. The molecule has 2 N–H and O–H groups in total. The van der Waals surface area contributed by atoms with Crippen molar-refractivity contribution in [1.29, 1.82) is 0 Å². The molecular formula is C20H29IN4OS.